The number of anilines is 1. The minimum atomic E-state index is -3.59. The molecule has 0 aliphatic rings. The largest absolute Gasteiger partial charge is 0.378 e. The van der Waals surface area contributed by atoms with E-state index in [4.69, 9.17) is 0 Å². The lowest BCUT2D eigenvalue weighted by molar-refractivity contribution is -0.384. The van der Waals surface area contributed by atoms with Crippen LogP contribution in [0.1, 0.15) is 29.8 Å². The number of carbonyl (C=O) groups is 2. The maximum Gasteiger partial charge on any atom is 0.293 e. The van der Waals surface area contributed by atoms with Gasteiger partial charge < -0.3 is 16.0 Å². The van der Waals surface area contributed by atoms with Gasteiger partial charge in [0.1, 0.15) is 11.7 Å². The molecule has 0 heterocycles. The van der Waals surface area contributed by atoms with Crippen molar-refractivity contribution < 1.29 is 22.9 Å². The molecule has 0 aliphatic carbocycles. The molecule has 2 aromatic carbocycles. The van der Waals surface area contributed by atoms with Crippen LogP contribution in [0.2, 0.25) is 0 Å². The molecule has 0 bridgehead atoms. The van der Waals surface area contributed by atoms with Crippen molar-refractivity contribution in [2.45, 2.75) is 31.7 Å². The van der Waals surface area contributed by atoms with E-state index in [9.17, 15) is 28.1 Å². The highest BCUT2D eigenvalue weighted by molar-refractivity contribution is 7.90. The summed E-state index contributed by atoms with van der Waals surface area (Å²) in [5.74, 6) is -0.895. The third-order valence-electron chi connectivity index (χ3n) is 4.96. The van der Waals surface area contributed by atoms with E-state index in [2.05, 4.69) is 16.0 Å². The molecular weight excluding hydrogens is 448 g/mol. The summed E-state index contributed by atoms with van der Waals surface area (Å²) in [6.07, 6.45) is 0.970. The first kappa shape index (κ1) is 25.8. The summed E-state index contributed by atoms with van der Waals surface area (Å²) >= 11 is 0. The Kier molecular flexibility index (Phi) is 8.52. The van der Waals surface area contributed by atoms with Crippen molar-refractivity contribution in [3.63, 3.8) is 0 Å². The molecule has 0 saturated carbocycles. The van der Waals surface area contributed by atoms with E-state index in [1.807, 2.05) is 32.9 Å². The van der Waals surface area contributed by atoms with Gasteiger partial charge in [-0.3, -0.25) is 19.7 Å². The van der Waals surface area contributed by atoms with Crippen LogP contribution in [-0.2, 0) is 14.6 Å². The molecule has 3 N–H and O–H groups in total. The van der Waals surface area contributed by atoms with Crippen molar-refractivity contribution in [1.29, 1.82) is 0 Å². The van der Waals surface area contributed by atoms with Crippen LogP contribution in [-0.4, -0.2) is 50.5 Å². The number of hydrogen-bond donors (Lipinski definition) is 3. The van der Waals surface area contributed by atoms with Gasteiger partial charge in [-0.1, -0.05) is 32.0 Å². The first-order valence-corrected chi connectivity index (χ1v) is 12.2. The van der Waals surface area contributed by atoms with Gasteiger partial charge in [-0.2, -0.15) is 0 Å². The molecule has 2 rings (SSSR count). The quantitative estimate of drug-likeness (QED) is 0.271. The summed E-state index contributed by atoms with van der Waals surface area (Å²) < 4.78 is 23.3. The zero-order chi connectivity index (χ0) is 24.8. The van der Waals surface area contributed by atoms with Crippen molar-refractivity contribution in [3.8, 4) is 0 Å². The summed E-state index contributed by atoms with van der Waals surface area (Å²) in [4.78, 5) is 35.7. The van der Waals surface area contributed by atoms with Crippen LogP contribution in [0.5, 0.6) is 0 Å². The van der Waals surface area contributed by atoms with Crippen LogP contribution in [0.25, 0.3) is 0 Å². The minimum absolute atomic E-state index is 0.132. The fourth-order valence-electron chi connectivity index (χ4n) is 3.12. The molecule has 2 aromatic rings. The predicted molar refractivity (Wildman–Crippen MR) is 125 cm³/mol. The second kappa shape index (κ2) is 10.9. The molecule has 11 heteroatoms. The molecule has 178 valence electrons. The monoisotopic (exact) mass is 476 g/mol. The average molecular weight is 477 g/mol. The van der Waals surface area contributed by atoms with Gasteiger partial charge in [-0.15, -0.1) is 0 Å². The smallest absolute Gasteiger partial charge is 0.293 e. The molecule has 0 unspecified atom stereocenters. The maximum absolute atomic E-state index is 12.6. The van der Waals surface area contributed by atoms with Gasteiger partial charge >= 0.3 is 0 Å². The van der Waals surface area contributed by atoms with Gasteiger partial charge in [0.2, 0.25) is 5.91 Å². The Morgan fingerprint density at radius 1 is 1.09 bits per heavy atom. The normalized spacial score (nSPS) is 12.2. The molecule has 2 amide bonds. The predicted octanol–water partition coefficient (Wildman–Crippen LogP) is 2.29. The third-order valence-corrected chi connectivity index (χ3v) is 6.07. The lowest BCUT2D eigenvalue weighted by Gasteiger charge is -2.22. The number of hydrogen-bond acceptors (Lipinski definition) is 7. The van der Waals surface area contributed by atoms with Gasteiger partial charge in [0.25, 0.3) is 11.6 Å². The van der Waals surface area contributed by atoms with Crippen molar-refractivity contribution in [3.05, 3.63) is 63.7 Å². The second-order valence-corrected chi connectivity index (χ2v) is 9.95. The summed E-state index contributed by atoms with van der Waals surface area (Å²) in [6, 6.07) is 9.89. The molecule has 1 atom stereocenters. The van der Waals surface area contributed by atoms with Gasteiger partial charge in [-0.25, -0.2) is 8.42 Å². The fourth-order valence-corrected chi connectivity index (χ4v) is 3.76. The Balaban J connectivity index is 1.99. The highest BCUT2D eigenvalue weighted by Crippen LogP contribution is 2.27. The Bertz CT molecular complexity index is 1150. The number of nitro groups is 1. The molecule has 0 aromatic heterocycles. The van der Waals surface area contributed by atoms with E-state index < -0.39 is 20.8 Å². The van der Waals surface area contributed by atoms with Crippen molar-refractivity contribution >= 4 is 33.0 Å². The summed E-state index contributed by atoms with van der Waals surface area (Å²) in [7, 11) is -3.59. The van der Waals surface area contributed by atoms with Crippen molar-refractivity contribution in [2.75, 3.05) is 24.7 Å². The lowest BCUT2D eigenvalue weighted by Crippen LogP contribution is -2.50. The lowest BCUT2D eigenvalue weighted by atomic mass is 10.0. The zero-order valence-corrected chi connectivity index (χ0v) is 19.7. The van der Waals surface area contributed by atoms with E-state index in [0.29, 0.717) is 5.56 Å². The van der Waals surface area contributed by atoms with Crippen molar-refractivity contribution in [1.82, 2.24) is 10.6 Å². The van der Waals surface area contributed by atoms with Crippen LogP contribution >= 0.6 is 0 Å². The van der Waals surface area contributed by atoms with Crippen LogP contribution in [0.4, 0.5) is 11.4 Å². The van der Waals surface area contributed by atoms with E-state index in [1.54, 1.807) is 12.1 Å². The number of nitro benzene ring substituents is 1. The number of aryl methyl sites for hydroxylation is 1. The second-order valence-electron chi connectivity index (χ2n) is 7.94. The fraction of sp³-hybridized carbons (Fsp3) is 0.364. The molecule has 33 heavy (non-hydrogen) atoms. The van der Waals surface area contributed by atoms with Crippen LogP contribution in [0, 0.1) is 23.0 Å². The van der Waals surface area contributed by atoms with Crippen LogP contribution in [0.15, 0.2) is 47.4 Å². The Hall–Kier alpha value is -3.47. The van der Waals surface area contributed by atoms with Gasteiger partial charge in [0.05, 0.1) is 9.82 Å². The van der Waals surface area contributed by atoms with Crippen molar-refractivity contribution in [2.24, 2.45) is 5.92 Å². The number of rotatable bonds is 10. The molecule has 0 aliphatic heterocycles. The molecule has 0 radical (unpaired) electrons. The average Bonchev–Trinajstić information content (AvgIpc) is 2.74. The number of carbonyl (C=O) groups excluding carboxylic acids is 2. The summed E-state index contributed by atoms with van der Waals surface area (Å²) in [5.41, 5.74) is 1.04. The van der Waals surface area contributed by atoms with E-state index >= 15 is 0 Å². The Morgan fingerprint density at radius 3 is 2.33 bits per heavy atom. The molecule has 0 spiro atoms. The van der Waals surface area contributed by atoms with Gasteiger partial charge in [0, 0.05) is 31.0 Å². The summed E-state index contributed by atoms with van der Waals surface area (Å²) in [6.45, 7) is 5.72. The Morgan fingerprint density at radius 2 is 1.76 bits per heavy atom. The first-order chi connectivity index (χ1) is 15.4. The number of nitrogens with one attached hydrogen (secondary N) is 3. The molecular formula is C22H28N4O6S. The number of benzene rings is 2. The minimum Gasteiger partial charge on any atom is -0.378 e. The molecule has 10 nitrogen and oxygen atoms in total. The number of sulfone groups is 1. The number of nitrogens with zero attached hydrogens (tertiary/aromatic N) is 1. The highest BCUT2D eigenvalue weighted by atomic mass is 32.2. The number of amides is 2. The van der Waals surface area contributed by atoms with Crippen LogP contribution in [0.3, 0.4) is 0 Å². The summed E-state index contributed by atoms with van der Waals surface area (Å²) in [5, 5.41) is 19.6. The molecule has 0 fully saturated rings. The first-order valence-electron chi connectivity index (χ1n) is 10.3. The third kappa shape index (κ3) is 7.01. The zero-order valence-electron chi connectivity index (χ0n) is 18.9. The maximum atomic E-state index is 12.6. The van der Waals surface area contributed by atoms with Crippen LogP contribution < -0.4 is 16.0 Å². The van der Waals surface area contributed by atoms with E-state index in [0.717, 1.165) is 17.9 Å². The standard InChI is InChI=1S/C22H28N4O6S/c1-14(2)20(25-21(27)17-8-6-5-7-15(17)3)22(28)24-12-11-23-18-10-9-16(33(4,31)32)13-19(18)26(29)30/h5-10,13-14,20,23H,11-12H2,1-4H3,(H,24,28)(H,25,27)/t20-/m0/s1. The van der Waals surface area contributed by atoms with E-state index in [-0.39, 0.29) is 47.1 Å². The molecule has 0 saturated heterocycles. The topological polar surface area (TPSA) is 148 Å². The highest BCUT2D eigenvalue weighted by Gasteiger charge is 2.25. The van der Waals surface area contributed by atoms with Gasteiger partial charge in [-0.05, 0) is 36.6 Å². The Labute approximate surface area is 192 Å². The SMILES string of the molecule is Cc1ccccc1C(=O)N[C@H](C(=O)NCCNc1ccc(S(C)(=O)=O)cc1[N+](=O)[O-])C(C)C. The van der Waals surface area contributed by atoms with E-state index in [1.165, 1.54) is 12.1 Å². The van der Waals surface area contributed by atoms with Gasteiger partial charge in [0.15, 0.2) is 9.84 Å².